The molecule has 0 spiro atoms. The first-order valence-corrected chi connectivity index (χ1v) is 14.1. The minimum Gasteiger partial charge on any atom is -0.497 e. The Labute approximate surface area is 233 Å². The van der Waals surface area contributed by atoms with Crippen molar-refractivity contribution in [1.29, 1.82) is 0 Å². The Morgan fingerprint density at radius 3 is 2.59 bits per heavy atom. The molecular weight excluding hydrogens is 516 g/mol. The van der Waals surface area contributed by atoms with Crippen LogP contribution in [0.25, 0.3) is 0 Å². The third-order valence-corrected chi connectivity index (χ3v) is 8.26. The summed E-state index contributed by atoms with van der Waals surface area (Å²) in [6.07, 6.45) is 2.54. The fraction of sp³-hybridized carbons (Fsp3) is 0.400. The number of amides is 2. The molecule has 1 aromatic heterocycles. The highest BCUT2D eigenvalue weighted by atomic mass is 32.1. The molecule has 0 saturated carbocycles. The van der Waals surface area contributed by atoms with Crippen molar-refractivity contribution in [2.75, 3.05) is 47.1 Å². The summed E-state index contributed by atoms with van der Waals surface area (Å²) >= 11 is 1.71. The second-order valence-electron chi connectivity index (χ2n) is 9.69. The van der Waals surface area contributed by atoms with Crippen LogP contribution in [0.3, 0.4) is 0 Å². The standard InChI is InChI=1S/C30H34N2O6S/c1-35-22-10-8-21(9-11-22)30(34)31(18-25-7-4-15-37-25)19-29(33)32-14-12-28-26(13-16-39-28)27(32)20-38-24-6-3-5-23(17-24)36-2/h3,5-6,8-11,13,16-17,25,27H,4,7,12,14-15,18-20H2,1-2H3/t25-,27-/m0/s1. The van der Waals surface area contributed by atoms with Gasteiger partial charge >= 0.3 is 0 Å². The summed E-state index contributed by atoms with van der Waals surface area (Å²) in [6, 6.07) is 16.3. The maximum Gasteiger partial charge on any atom is 0.254 e. The summed E-state index contributed by atoms with van der Waals surface area (Å²) in [4.78, 5) is 32.2. The third-order valence-electron chi connectivity index (χ3n) is 7.26. The van der Waals surface area contributed by atoms with E-state index in [1.165, 1.54) is 4.88 Å². The van der Waals surface area contributed by atoms with Gasteiger partial charge in [0.25, 0.3) is 5.91 Å². The van der Waals surface area contributed by atoms with Gasteiger partial charge in [0.2, 0.25) is 5.91 Å². The largest absolute Gasteiger partial charge is 0.497 e. The average molecular weight is 551 g/mol. The highest BCUT2D eigenvalue weighted by Crippen LogP contribution is 2.34. The second kappa shape index (κ2) is 12.5. The molecule has 9 heteroatoms. The molecule has 1 fully saturated rings. The zero-order chi connectivity index (χ0) is 27.2. The quantitative estimate of drug-likeness (QED) is 0.368. The van der Waals surface area contributed by atoms with E-state index in [1.807, 2.05) is 29.2 Å². The Hall–Kier alpha value is -3.56. The Kier molecular flexibility index (Phi) is 8.68. The van der Waals surface area contributed by atoms with Crippen molar-refractivity contribution in [3.63, 3.8) is 0 Å². The number of hydrogen-bond donors (Lipinski definition) is 0. The van der Waals surface area contributed by atoms with Crippen molar-refractivity contribution in [3.05, 3.63) is 76.0 Å². The molecule has 0 bridgehead atoms. The van der Waals surface area contributed by atoms with Crippen molar-refractivity contribution in [3.8, 4) is 17.2 Å². The molecule has 2 atom stereocenters. The Morgan fingerprint density at radius 2 is 1.85 bits per heavy atom. The van der Waals surface area contributed by atoms with Gasteiger partial charge in [-0.3, -0.25) is 9.59 Å². The monoisotopic (exact) mass is 550 g/mol. The summed E-state index contributed by atoms with van der Waals surface area (Å²) in [5.74, 6) is 1.76. The van der Waals surface area contributed by atoms with E-state index in [-0.39, 0.29) is 30.5 Å². The maximum atomic E-state index is 13.9. The van der Waals surface area contributed by atoms with Gasteiger partial charge in [-0.15, -0.1) is 11.3 Å². The van der Waals surface area contributed by atoms with E-state index in [0.29, 0.717) is 49.1 Å². The zero-order valence-corrected chi connectivity index (χ0v) is 23.2. The Balaban J connectivity index is 1.34. The lowest BCUT2D eigenvalue weighted by Crippen LogP contribution is -2.49. The predicted molar refractivity (Wildman–Crippen MR) is 149 cm³/mol. The van der Waals surface area contributed by atoms with E-state index in [4.69, 9.17) is 18.9 Å². The molecular formula is C30H34N2O6S. The number of rotatable bonds is 10. The maximum absolute atomic E-state index is 13.9. The first kappa shape index (κ1) is 27.0. The van der Waals surface area contributed by atoms with Crippen molar-refractivity contribution in [1.82, 2.24) is 9.80 Å². The lowest BCUT2D eigenvalue weighted by Gasteiger charge is -2.37. The fourth-order valence-electron chi connectivity index (χ4n) is 5.16. The first-order valence-electron chi connectivity index (χ1n) is 13.2. The van der Waals surface area contributed by atoms with Crippen LogP contribution < -0.4 is 14.2 Å². The summed E-state index contributed by atoms with van der Waals surface area (Å²) in [5.41, 5.74) is 1.62. The summed E-state index contributed by atoms with van der Waals surface area (Å²) in [5, 5.41) is 2.06. The number of thiophene rings is 1. The van der Waals surface area contributed by atoms with Gasteiger partial charge in [-0.25, -0.2) is 0 Å². The van der Waals surface area contributed by atoms with Crippen LogP contribution in [0.4, 0.5) is 0 Å². The van der Waals surface area contributed by atoms with Gasteiger partial charge in [0.05, 0.1) is 26.4 Å². The fourth-order valence-corrected chi connectivity index (χ4v) is 6.09. The van der Waals surface area contributed by atoms with E-state index in [2.05, 4.69) is 11.4 Å². The number of fused-ring (bicyclic) bond motifs is 1. The zero-order valence-electron chi connectivity index (χ0n) is 22.3. The van der Waals surface area contributed by atoms with E-state index in [1.54, 1.807) is 54.7 Å². The van der Waals surface area contributed by atoms with Crippen molar-refractivity contribution in [2.24, 2.45) is 0 Å². The molecule has 5 rings (SSSR count). The molecule has 3 heterocycles. The molecule has 0 unspecified atom stereocenters. The van der Waals surface area contributed by atoms with Crippen molar-refractivity contribution in [2.45, 2.75) is 31.4 Å². The minimum absolute atomic E-state index is 0.0279. The van der Waals surface area contributed by atoms with E-state index in [0.717, 1.165) is 24.8 Å². The van der Waals surface area contributed by atoms with Crippen LogP contribution in [-0.4, -0.2) is 74.8 Å². The number of carbonyl (C=O) groups excluding carboxylic acids is 2. The normalized spacial score (nSPS) is 18.4. The number of nitrogens with zero attached hydrogens (tertiary/aromatic N) is 2. The highest BCUT2D eigenvalue weighted by molar-refractivity contribution is 7.10. The molecule has 39 heavy (non-hydrogen) atoms. The van der Waals surface area contributed by atoms with Crippen LogP contribution in [0.15, 0.2) is 60.0 Å². The van der Waals surface area contributed by atoms with Gasteiger partial charge < -0.3 is 28.7 Å². The van der Waals surface area contributed by atoms with Crippen LogP contribution in [0, 0.1) is 0 Å². The van der Waals surface area contributed by atoms with Crippen LogP contribution in [0.1, 0.15) is 39.7 Å². The highest BCUT2D eigenvalue weighted by Gasteiger charge is 2.34. The van der Waals surface area contributed by atoms with Gasteiger partial charge in [-0.2, -0.15) is 0 Å². The number of methoxy groups -OCH3 is 2. The van der Waals surface area contributed by atoms with Crippen LogP contribution in [-0.2, 0) is 16.0 Å². The molecule has 8 nitrogen and oxygen atoms in total. The molecule has 0 aliphatic carbocycles. The molecule has 206 valence electrons. The van der Waals surface area contributed by atoms with Crippen LogP contribution in [0.2, 0.25) is 0 Å². The summed E-state index contributed by atoms with van der Waals surface area (Å²) in [6.45, 7) is 1.91. The molecule has 2 aromatic carbocycles. The molecule has 2 amide bonds. The third kappa shape index (κ3) is 6.37. The van der Waals surface area contributed by atoms with E-state index in [9.17, 15) is 9.59 Å². The lowest BCUT2D eigenvalue weighted by atomic mass is 10.00. The summed E-state index contributed by atoms with van der Waals surface area (Å²) in [7, 11) is 3.21. The average Bonchev–Trinajstić information content (AvgIpc) is 3.67. The van der Waals surface area contributed by atoms with Gasteiger partial charge in [0, 0.05) is 36.2 Å². The van der Waals surface area contributed by atoms with Gasteiger partial charge in [-0.1, -0.05) is 6.07 Å². The Morgan fingerprint density at radius 1 is 1.05 bits per heavy atom. The molecule has 3 aromatic rings. The molecule has 2 aliphatic rings. The Bertz CT molecular complexity index is 1270. The lowest BCUT2D eigenvalue weighted by molar-refractivity contribution is -0.135. The number of ether oxygens (including phenoxy) is 4. The van der Waals surface area contributed by atoms with E-state index < -0.39 is 0 Å². The van der Waals surface area contributed by atoms with Crippen molar-refractivity contribution >= 4 is 23.2 Å². The summed E-state index contributed by atoms with van der Waals surface area (Å²) < 4.78 is 22.6. The number of benzene rings is 2. The predicted octanol–water partition coefficient (Wildman–Crippen LogP) is 4.59. The van der Waals surface area contributed by atoms with Crippen molar-refractivity contribution < 1.29 is 28.5 Å². The molecule has 2 aliphatic heterocycles. The molecule has 0 N–H and O–H groups in total. The SMILES string of the molecule is COc1ccc(C(=O)N(CC(=O)N2CCc3sccc3[C@@H]2COc2cccc(OC)c2)C[C@@H]2CCCO2)cc1. The van der Waals surface area contributed by atoms with Gasteiger partial charge in [0.1, 0.15) is 30.4 Å². The van der Waals surface area contributed by atoms with E-state index >= 15 is 0 Å². The minimum atomic E-state index is -0.251. The smallest absolute Gasteiger partial charge is 0.254 e. The first-order chi connectivity index (χ1) is 19.1. The van der Waals surface area contributed by atoms with Crippen LogP contribution in [0.5, 0.6) is 17.2 Å². The second-order valence-corrected chi connectivity index (χ2v) is 10.7. The number of carbonyl (C=O) groups is 2. The van der Waals surface area contributed by atoms with Crippen LogP contribution >= 0.6 is 11.3 Å². The topological polar surface area (TPSA) is 77.5 Å². The number of hydrogen-bond acceptors (Lipinski definition) is 7. The molecule has 1 saturated heterocycles. The molecule has 0 radical (unpaired) electrons. The van der Waals surface area contributed by atoms with Gasteiger partial charge in [0.15, 0.2) is 0 Å². The van der Waals surface area contributed by atoms with Gasteiger partial charge in [-0.05, 0) is 72.7 Å².